The molecule has 1 aromatic carbocycles. The zero-order chi connectivity index (χ0) is 13.4. The number of benzene rings is 1. The molecule has 0 aliphatic carbocycles. The van der Waals surface area contributed by atoms with Crippen molar-refractivity contribution in [3.05, 3.63) is 18.3 Å². The van der Waals surface area contributed by atoms with Crippen LogP contribution < -0.4 is 15.4 Å². The molecular formula is C11H10N4O4. The number of ether oxygens (including phenoxy) is 1. The lowest BCUT2D eigenvalue weighted by Crippen LogP contribution is -2.45. The number of carbonyl (C=O) groups excluding carboxylic acids is 1. The quantitative estimate of drug-likeness (QED) is 0.598. The number of carboxylic acid groups (broad SMARTS) is 1. The zero-order valence-electron chi connectivity index (χ0n) is 9.64. The minimum Gasteiger partial charge on any atom is -0.489 e. The molecule has 1 aliphatic rings. The maximum atomic E-state index is 11.9. The van der Waals surface area contributed by atoms with Crippen LogP contribution in [0, 0.1) is 0 Å². The number of amides is 2. The van der Waals surface area contributed by atoms with Gasteiger partial charge in [-0.05, 0) is 12.1 Å². The van der Waals surface area contributed by atoms with E-state index in [-0.39, 0.29) is 6.61 Å². The molecule has 98 valence electrons. The molecule has 0 fully saturated rings. The van der Waals surface area contributed by atoms with E-state index in [4.69, 9.17) is 9.84 Å². The Balaban J connectivity index is 1.99. The molecule has 2 aromatic rings. The van der Waals surface area contributed by atoms with Crippen LogP contribution in [0.15, 0.2) is 18.3 Å². The summed E-state index contributed by atoms with van der Waals surface area (Å²) in [6.45, 7) is -0.0647. The number of anilines is 1. The Morgan fingerprint density at radius 1 is 1.53 bits per heavy atom. The Morgan fingerprint density at radius 3 is 3.16 bits per heavy atom. The zero-order valence-corrected chi connectivity index (χ0v) is 9.64. The molecule has 1 aromatic heterocycles. The van der Waals surface area contributed by atoms with E-state index in [9.17, 15) is 9.59 Å². The predicted octanol–water partition coefficient (Wildman–Crippen LogP) is 0.530. The molecule has 8 nitrogen and oxygen atoms in total. The largest absolute Gasteiger partial charge is 0.489 e. The predicted molar refractivity (Wildman–Crippen MR) is 65.2 cm³/mol. The van der Waals surface area contributed by atoms with Crippen molar-refractivity contribution >= 4 is 28.6 Å². The van der Waals surface area contributed by atoms with Crippen molar-refractivity contribution in [3.63, 3.8) is 0 Å². The molecule has 0 radical (unpaired) electrons. The lowest BCUT2D eigenvalue weighted by molar-refractivity contribution is -0.118. The number of carbonyl (C=O) groups is 2. The highest BCUT2D eigenvalue weighted by Gasteiger charge is 2.27. The van der Waals surface area contributed by atoms with E-state index in [0.717, 1.165) is 5.39 Å². The Labute approximate surface area is 106 Å². The highest BCUT2D eigenvalue weighted by atomic mass is 16.5. The van der Waals surface area contributed by atoms with Crippen molar-refractivity contribution in [1.29, 1.82) is 0 Å². The Kier molecular flexibility index (Phi) is 2.48. The van der Waals surface area contributed by atoms with Gasteiger partial charge in [-0.2, -0.15) is 5.10 Å². The number of aromatic amines is 1. The van der Waals surface area contributed by atoms with E-state index in [2.05, 4.69) is 20.8 Å². The van der Waals surface area contributed by atoms with E-state index in [1.165, 1.54) is 0 Å². The number of H-pyrrole nitrogens is 1. The third-order valence-corrected chi connectivity index (χ3v) is 2.85. The molecule has 4 N–H and O–H groups in total. The van der Waals surface area contributed by atoms with Gasteiger partial charge in [-0.15, -0.1) is 0 Å². The van der Waals surface area contributed by atoms with Gasteiger partial charge >= 0.3 is 6.09 Å². The molecule has 1 atom stereocenters. The van der Waals surface area contributed by atoms with Crippen molar-refractivity contribution in [2.75, 3.05) is 11.9 Å². The number of rotatable bonds is 1. The molecule has 3 rings (SSSR count). The molecule has 0 saturated carbocycles. The number of nitrogens with one attached hydrogen (secondary N) is 3. The molecular weight excluding hydrogens is 252 g/mol. The molecule has 0 saturated heterocycles. The summed E-state index contributed by atoms with van der Waals surface area (Å²) in [7, 11) is 0. The Morgan fingerprint density at radius 2 is 2.37 bits per heavy atom. The van der Waals surface area contributed by atoms with Crippen LogP contribution in [-0.2, 0) is 4.79 Å². The minimum absolute atomic E-state index is 0.0647. The standard InChI is InChI=1S/C11H10N4O4/c16-10-6(13-11(17)18)4-19-7-2-1-5-3-12-15-8(5)9(7)14-10/h1-3,6,13H,4H2,(H,12,15)(H,14,16)(H,17,18)/t6-/m0/s1. The highest BCUT2D eigenvalue weighted by Crippen LogP contribution is 2.33. The first-order valence-corrected chi connectivity index (χ1v) is 5.54. The topological polar surface area (TPSA) is 116 Å². The third kappa shape index (κ3) is 1.92. The van der Waals surface area contributed by atoms with E-state index < -0.39 is 18.0 Å². The van der Waals surface area contributed by atoms with Gasteiger partial charge in [0.1, 0.15) is 24.1 Å². The lowest BCUT2D eigenvalue weighted by atomic mass is 10.2. The summed E-state index contributed by atoms with van der Waals surface area (Å²) in [6.07, 6.45) is 0.348. The summed E-state index contributed by atoms with van der Waals surface area (Å²) in [4.78, 5) is 22.5. The van der Waals surface area contributed by atoms with Gasteiger partial charge in [-0.3, -0.25) is 9.89 Å². The molecule has 0 spiro atoms. The van der Waals surface area contributed by atoms with Gasteiger partial charge in [0, 0.05) is 5.39 Å². The summed E-state index contributed by atoms with van der Waals surface area (Å²) in [6, 6.07) is 2.55. The van der Waals surface area contributed by atoms with Crippen molar-refractivity contribution < 1.29 is 19.4 Å². The smallest absolute Gasteiger partial charge is 0.405 e. The molecule has 8 heteroatoms. The van der Waals surface area contributed by atoms with Crippen LogP contribution in [0.5, 0.6) is 5.75 Å². The Bertz CT molecular complexity index is 666. The van der Waals surface area contributed by atoms with Crippen LogP contribution in [0.4, 0.5) is 10.5 Å². The fourth-order valence-corrected chi connectivity index (χ4v) is 1.95. The average molecular weight is 262 g/mol. The number of fused-ring (bicyclic) bond motifs is 3. The van der Waals surface area contributed by atoms with Crippen LogP contribution in [0.3, 0.4) is 0 Å². The first-order valence-electron chi connectivity index (χ1n) is 5.54. The number of nitrogens with zero attached hydrogens (tertiary/aromatic N) is 1. The van der Waals surface area contributed by atoms with Gasteiger partial charge < -0.3 is 20.5 Å². The number of aromatic nitrogens is 2. The first-order chi connectivity index (χ1) is 9.15. The van der Waals surface area contributed by atoms with Crippen LogP contribution >= 0.6 is 0 Å². The van der Waals surface area contributed by atoms with Gasteiger partial charge in [0.2, 0.25) is 0 Å². The summed E-state index contributed by atoms with van der Waals surface area (Å²) in [5.41, 5.74) is 1.11. The Hall–Kier alpha value is -2.77. The second kappa shape index (κ2) is 4.16. The van der Waals surface area contributed by atoms with Crippen molar-refractivity contribution in [1.82, 2.24) is 15.5 Å². The summed E-state index contributed by atoms with van der Waals surface area (Å²) < 4.78 is 5.45. The molecule has 2 amide bonds. The molecule has 19 heavy (non-hydrogen) atoms. The van der Waals surface area contributed by atoms with Crippen molar-refractivity contribution in [3.8, 4) is 5.75 Å². The van der Waals surface area contributed by atoms with Gasteiger partial charge in [0.25, 0.3) is 5.91 Å². The van der Waals surface area contributed by atoms with Gasteiger partial charge in [0.05, 0.1) is 11.7 Å². The lowest BCUT2D eigenvalue weighted by Gasteiger charge is -2.11. The second-order valence-corrected chi connectivity index (χ2v) is 4.08. The van der Waals surface area contributed by atoms with E-state index in [1.807, 2.05) is 0 Å². The van der Waals surface area contributed by atoms with Crippen LogP contribution in [0.25, 0.3) is 10.9 Å². The number of hydrogen-bond donors (Lipinski definition) is 4. The normalized spacial score (nSPS) is 18.1. The summed E-state index contributed by atoms with van der Waals surface area (Å²) >= 11 is 0. The van der Waals surface area contributed by atoms with Gasteiger partial charge in [0.15, 0.2) is 0 Å². The summed E-state index contributed by atoms with van der Waals surface area (Å²) in [5, 5.41) is 20.9. The molecule has 0 unspecified atom stereocenters. The fourth-order valence-electron chi connectivity index (χ4n) is 1.95. The molecule has 2 heterocycles. The summed E-state index contributed by atoms with van der Waals surface area (Å²) in [5.74, 6) is 0.00281. The molecule has 0 bridgehead atoms. The maximum absolute atomic E-state index is 11.9. The average Bonchev–Trinajstić information content (AvgIpc) is 2.78. The first kappa shape index (κ1) is 11.3. The number of hydrogen-bond acceptors (Lipinski definition) is 4. The van der Waals surface area contributed by atoms with Gasteiger partial charge in [-0.1, -0.05) is 0 Å². The highest BCUT2D eigenvalue weighted by molar-refractivity contribution is 6.05. The van der Waals surface area contributed by atoms with Crippen molar-refractivity contribution in [2.24, 2.45) is 0 Å². The van der Waals surface area contributed by atoms with E-state index >= 15 is 0 Å². The van der Waals surface area contributed by atoms with E-state index in [1.54, 1.807) is 18.3 Å². The van der Waals surface area contributed by atoms with E-state index in [0.29, 0.717) is 17.0 Å². The monoisotopic (exact) mass is 262 g/mol. The minimum atomic E-state index is -1.28. The third-order valence-electron chi connectivity index (χ3n) is 2.85. The van der Waals surface area contributed by atoms with Crippen LogP contribution in [0.2, 0.25) is 0 Å². The SMILES string of the molecule is O=C(O)N[C@H]1COc2ccc3cn[nH]c3c2NC1=O. The second-order valence-electron chi connectivity index (χ2n) is 4.08. The molecule has 1 aliphatic heterocycles. The van der Waals surface area contributed by atoms with Crippen molar-refractivity contribution in [2.45, 2.75) is 6.04 Å². The van der Waals surface area contributed by atoms with Crippen LogP contribution in [-0.4, -0.2) is 40.0 Å². The van der Waals surface area contributed by atoms with Crippen LogP contribution in [0.1, 0.15) is 0 Å². The van der Waals surface area contributed by atoms with Gasteiger partial charge in [-0.25, -0.2) is 4.79 Å². The maximum Gasteiger partial charge on any atom is 0.405 e. The fraction of sp³-hybridized carbons (Fsp3) is 0.182.